The molecule has 0 spiro atoms. The van der Waals surface area contributed by atoms with Crippen LogP contribution in [-0.2, 0) is 4.79 Å². The summed E-state index contributed by atoms with van der Waals surface area (Å²) in [5.41, 5.74) is 0. The molecule has 3 fully saturated rings. The maximum atomic E-state index is 12.1. The zero-order valence-electron chi connectivity index (χ0n) is 12.1. The van der Waals surface area contributed by atoms with Gasteiger partial charge in [0.05, 0.1) is 12.7 Å². The quantitative estimate of drug-likeness (QED) is 0.847. The summed E-state index contributed by atoms with van der Waals surface area (Å²) in [6.45, 7) is 1.57. The van der Waals surface area contributed by atoms with Gasteiger partial charge in [0.1, 0.15) is 0 Å². The molecule has 108 valence electrons. The van der Waals surface area contributed by atoms with Crippen molar-refractivity contribution < 1.29 is 4.79 Å². The predicted octanol–water partition coefficient (Wildman–Crippen LogP) is 2.90. The maximum absolute atomic E-state index is 12.1. The van der Waals surface area contributed by atoms with Gasteiger partial charge in [-0.3, -0.25) is 10.1 Å². The summed E-state index contributed by atoms with van der Waals surface area (Å²) in [5, 5.41) is 3.46. The molecule has 1 saturated heterocycles. The molecule has 1 amide bonds. The Balaban J connectivity index is 1.52. The van der Waals surface area contributed by atoms with Crippen LogP contribution < -0.4 is 5.32 Å². The molecule has 2 saturated carbocycles. The second-order valence-corrected chi connectivity index (χ2v) is 6.75. The first-order valence-electron chi connectivity index (χ1n) is 8.37. The van der Waals surface area contributed by atoms with E-state index in [1.807, 2.05) is 0 Å². The number of hydrogen-bond acceptors (Lipinski definition) is 2. The number of nitrogens with zero attached hydrogens (tertiary/aromatic N) is 1. The van der Waals surface area contributed by atoms with Crippen molar-refractivity contribution in [2.75, 3.05) is 13.1 Å². The molecule has 1 aliphatic heterocycles. The molecule has 0 aromatic rings. The number of carbonyl (C=O) groups excluding carboxylic acids is 1. The lowest BCUT2D eigenvalue weighted by Gasteiger charge is -2.31. The van der Waals surface area contributed by atoms with E-state index in [9.17, 15) is 4.79 Å². The molecule has 0 bridgehead atoms. The minimum atomic E-state index is 0.340. The van der Waals surface area contributed by atoms with E-state index in [2.05, 4.69) is 10.2 Å². The fourth-order valence-electron chi connectivity index (χ4n) is 4.31. The second kappa shape index (κ2) is 6.25. The molecule has 2 aliphatic carbocycles. The Morgan fingerprint density at radius 1 is 1.00 bits per heavy atom. The van der Waals surface area contributed by atoms with Crippen LogP contribution in [0.5, 0.6) is 0 Å². The van der Waals surface area contributed by atoms with Gasteiger partial charge in [-0.25, -0.2) is 0 Å². The summed E-state index contributed by atoms with van der Waals surface area (Å²) >= 11 is 0. The molecule has 0 radical (unpaired) electrons. The summed E-state index contributed by atoms with van der Waals surface area (Å²) in [6, 6.07) is 0. The van der Waals surface area contributed by atoms with Crippen LogP contribution in [0.2, 0.25) is 0 Å². The van der Waals surface area contributed by atoms with E-state index in [0.717, 1.165) is 18.4 Å². The van der Waals surface area contributed by atoms with Crippen LogP contribution in [0.3, 0.4) is 0 Å². The van der Waals surface area contributed by atoms with Crippen LogP contribution >= 0.6 is 0 Å². The van der Waals surface area contributed by atoms with E-state index >= 15 is 0 Å². The molecule has 1 heterocycles. The van der Waals surface area contributed by atoms with Gasteiger partial charge >= 0.3 is 0 Å². The molecule has 3 heteroatoms. The van der Waals surface area contributed by atoms with E-state index in [1.54, 1.807) is 0 Å². The van der Waals surface area contributed by atoms with Crippen LogP contribution in [0.4, 0.5) is 0 Å². The van der Waals surface area contributed by atoms with Gasteiger partial charge in [0.15, 0.2) is 0 Å². The molecule has 3 nitrogen and oxygen atoms in total. The van der Waals surface area contributed by atoms with Crippen LogP contribution in [0.1, 0.15) is 64.2 Å². The highest BCUT2D eigenvalue weighted by molar-refractivity contribution is 5.80. The van der Waals surface area contributed by atoms with E-state index in [1.165, 1.54) is 64.2 Å². The topological polar surface area (TPSA) is 32.3 Å². The Labute approximate surface area is 117 Å². The van der Waals surface area contributed by atoms with Crippen LogP contribution in [0, 0.1) is 11.8 Å². The minimum Gasteiger partial charge on any atom is -0.326 e. The highest BCUT2D eigenvalue weighted by Gasteiger charge is 2.37. The minimum absolute atomic E-state index is 0.340. The number of nitrogens with one attached hydrogen (secondary N) is 1. The van der Waals surface area contributed by atoms with Crippen molar-refractivity contribution in [3.05, 3.63) is 0 Å². The molecule has 1 atom stereocenters. The fourth-order valence-corrected chi connectivity index (χ4v) is 4.31. The molecule has 0 aromatic carbocycles. The molecular formula is C16H28N2O. The molecular weight excluding hydrogens is 236 g/mol. The number of hydrogen-bond donors (Lipinski definition) is 1. The summed E-state index contributed by atoms with van der Waals surface area (Å²) in [7, 11) is 0. The van der Waals surface area contributed by atoms with Crippen molar-refractivity contribution in [3.63, 3.8) is 0 Å². The highest BCUT2D eigenvalue weighted by Crippen LogP contribution is 2.32. The van der Waals surface area contributed by atoms with Crippen molar-refractivity contribution in [3.8, 4) is 0 Å². The molecule has 19 heavy (non-hydrogen) atoms. The first-order chi connectivity index (χ1) is 9.34. The van der Waals surface area contributed by atoms with E-state index < -0.39 is 0 Å². The first kappa shape index (κ1) is 13.4. The van der Waals surface area contributed by atoms with Crippen molar-refractivity contribution in [2.24, 2.45) is 11.8 Å². The monoisotopic (exact) mass is 264 g/mol. The largest absolute Gasteiger partial charge is 0.326 e. The maximum Gasteiger partial charge on any atom is 0.237 e. The lowest BCUT2D eigenvalue weighted by molar-refractivity contribution is -0.128. The van der Waals surface area contributed by atoms with Crippen LogP contribution in [-0.4, -0.2) is 30.1 Å². The Bertz CT molecular complexity index is 306. The van der Waals surface area contributed by atoms with Crippen molar-refractivity contribution in [1.29, 1.82) is 0 Å². The second-order valence-electron chi connectivity index (χ2n) is 6.75. The third-order valence-electron chi connectivity index (χ3n) is 5.47. The highest BCUT2D eigenvalue weighted by atomic mass is 16.2. The van der Waals surface area contributed by atoms with Gasteiger partial charge in [0.25, 0.3) is 0 Å². The molecule has 1 unspecified atom stereocenters. The molecule has 0 aromatic heterocycles. The van der Waals surface area contributed by atoms with Crippen LogP contribution in [0.15, 0.2) is 0 Å². The number of amides is 1. The standard InChI is InChI=1S/C16H28N2O/c19-15-12-17-16(14-8-4-5-9-14)18(15)11-10-13-6-2-1-3-7-13/h13-14,16-17H,1-12H2. The smallest absolute Gasteiger partial charge is 0.237 e. The SMILES string of the molecule is O=C1CNC(C2CCCC2)N1CCC1CCCCC1. The van der Waals surface area contributed by atoms with E-state index in [-0.39, 0.29) is 0 Å². The van der Waals surface area contributed by atoms with Crippen molar-refractivity contribution >= 4 is 5.91 Å². The zero-order valence-corrected chi connectivity index (χ0v) is 12.1. The average Bonchev–Trinajstić information content (AvgIpc) is 3.07. The Morgan fingerprint density at radius 2 is 1.68 bits per heavy atom. The lowest BCUT2D eigenvalue weighted by Crippen LogP contribution is -2.43. The van der Waals surface area contributed by atoms with Gasteiger partial charge in [-0.1, -0.05) is 44.9 Å². The normalized spacial score (nSPS) is 30.4. The van der Waals surface area contributed by atoms with Gasteiger partial charge in [0, 0.05) is 6.54 Å². The Hall–Kier alpha value is -0.570. The van der Waals surface area contributed by atoms with Crippen molar-refractivity contribution in [2.45, 2.75) is 70.4 Å². The molecule has 1 N–H and O–H groups in total. The van der Waals surface area contributed by atoms with Gasteiger partial charge < -0.3 is 4.90 Å². The van der Waals surface area contributed by atoms with Gasteiger partial charge in [-0.05, 0) is 31.1 Å². The molecule has 3 aliphatic rings. The Morgan fingerprint density at radius 3 is 2.42 bits per heavy atom. The zero-order chi connectivity index (χ0) is 13.1. The van der Waals surface area contributed by atoms with E-state index in [4.69, 9.17) is 0 Å². The third-order valence-corrected chi connectivity index (χ3v) is 5.47. The predicted molar refractivity (Wildman–Crippen MR) is 76.7 cm³/mol. The van der Waals surface area contributed by atoms with Gasteiger partial charge in [-0.2, -0.15) is 0 Å². The molecule has 3 rings (SSSR count). The lowest BCUT2D eigenvalue weighted by atomic mass is 9.87. The summed E-state index contributed by atoms with van der Waals surface area (Å²) in [6.07, 6.45) is 13.9. The fraction of sp³-hybridized carbons (Fsp3) is 0.938. The van der Waals surface area contributed by atoms with Gasteiger partial charge in [0.2, 0.25) is 5.91 Å². The first-order valence-corrected chi connectivity index (χ1v) is 8.37. The summed E-state index contributed by atoms with van der Waals surface area (Å²) < 4.78 is 0. The third kappa shape index (κ3) is 3.13. The number of rotatable bonds is 4. The van der Waals surface area contributed by atoms with E-state index in [0.29, 0.717) is 18.6 Å². The summed E-state index contributed by atoms with van der Waals surface area (Å²) in [5.74, 6) is 1.94. The summed E-state index contributed by atoms with van der Waals surface area (Å²) in [4.78, 5) is 14.2. The van der Waals surface area contributed by atoms with Gasteiger partial charge in [-0.15, -0.1) is 0 Å². The Kier molecular flexibility index (Phi) is 4.42. The van der Waals surface area contributed by atoms with Crippen LogP contribution in [0.25, 0.3) is 0 Å². The average molecular weight is 264 g/mol. The van der Waals surface area contributed by atoms with Crippen molar-refractivity contribution in [1.82, 2.24) is 10.2 Å². The number of carbonyl (C=O) groups is 1.